The Kier molecular flexibility index (Phi) is 2.77. The van der Waals surface area contributed by atoms with Crippen LogP contribution in [-0.2, 0) is 0 Å². The molecule has 0 bridgehead atoms. The second kappa shape index (κ2) is 4.22. The number of nitrogens with one attached hydrogen (secondary N) is 2. The number of halogens is 1. The van der Waals surface area contributed by atoms with Crippen molar-refractivity contribution in [1.82, 2.24) is 19.9 Å². The molecule has 2 N–H and O–H groups in total. The summed E-state index contributed by atoms with van der Waals surface area (Å²) in [6, 6.07) is 2.95. The van der Waals surface area contributed by atoms with Gasteiger partial charge in [-0.1, -0.05) is 0 Å². The van der Waals surface area contributed by atoms with Gasteiger partial charge in [0.25, 0.3) is 0 Å². The largest absolute Gasteiger partial charge is 0.352 e. The molecule has 0 saturated heterocycles. The molecule has 0 radical (unpaired) electrons. The summed E-state index contributed by atoms with van der Waals surface area (Å²) in [5, 5.41) is 10.1. The van der Waals surface area contributed by atoms with Crippen LogP contribution in [0.25, 0.3) is 5.65 Å². The van der Waals surface area contributed by atoms with E-state index in [1.165, 1.54) is 16.8 Å². The second-order valence-electron chi connectivity index (χ2n) is 3.12. The summed E-state index contributed by atoms with van der Waals surface area (Å²) >= 11 is 0. The number of aromatic nitrogens is 3. The Hall–Kier alpha value is -1.69. The van der Waals surface area contributed by atoms with Crippen molar-refractivity contribution in [3.05, 3.63) is 24.1 Å². The lowest BCUT2D eigenvalue weighted by Crippen LogP contribution is -2.18. The molecule has 6 heteroatoms. The van der Waals surface area contributed by atoms with Crippen molar-refractivity contribution < 1.29 is 4.39 Å². The lowest BCUT2D eigenvalue weighted by molar-refractivity contribution is 0.615. The van der Waals surface area contributed by atoms with Crippen LogP contribution in [0.5, 0.6) is 0 Å². The summed E-state index contributed by atoms with van der Waals surface area (Å²) in [4.78, 5) is 4.17. The van der Waals surface area contributed by atoms with E-state index in [4.69, 9.17) is 0 Å². The minimum Gasteiger partial charge on any atom is -0.352 e. The predicted molar refractivity (Wildman–Crippen MR) is 55.4 cm³/mol. The first-order valence-corrected chi connectivity index (χ1v) is 4.70. The molecule has 0 aliphatic carbocycles. The standard InChI is InChI=1S/C9H12FN5/c1-11-4-5-12-9-13-8-3-2-7(10)6-15(8)14-9/h2-3,6,11H,4-5H2,1H3,(H,12,14). The van der Waals surface area contributed by atoms with Gasteiger partial charge in [0.05, 0.1) is 6.20 Å². The molecule has 0 saturated carbocycles. The maximum absolute atomic E-state index is 12.8. The first kappa shape index (κ1) is 9.85. The van der Waals surface area contributed by atoms with Gasteiger partial charge in [0, 0.05) is 13.1 Å². The van der Waals surface area contributed by atoms with Crippen LogP contribution in [0, 0.1) is 5.82 Å². The maximum atomic E-state index is 12.8. The fraction of sp³-hybridized carbons (Fsp3) is 0.333. The number of anilines is 1. The smallest absolute Gasteiger partial charge is 0.243 e. The van der Waals surface area contributed by atoms with Gasteiger partial charge in [0.2, 0.25) is 5.95 Å². The highest BCUT2D eigenvalue weighted by molar-refractivity contribution is 5.42. The molecule has 0 atom stereocenters. The molecule has 0 amide bonds. The average molecular weight is 209 g/mol. The Labute approximate surface area is 86.3 Å². The van der Waals surface area contributed by atoms with Crippen LogP contribution >= 0.6 is 0 Å². The van der Waals surface area contributed by atoms with Gasteiger partial charge in [-0.05, 0) is 19.2 Å². The van der Waals surface area contributed by atoms with Gasteiger partial charge in [-0.2, -0.15) is 4.98 Å². The minimum atomic E-state index is -0.325. The molecule has 2 aromatic rings. The van der Waals surface area contributed by atoms with E-state index >= 15 is 0 Å². The zero-order valence-corrected chi connectivity index (χ0v) is 8.37. The van der Waals surface area contributed by atoms with E-state index in [1.54, 1.807) is 6.07 Å². The number of hydrogen-bond donors (Lipinski definition) is 2. The molecule has 0 aromatic carbocycles. The van der Waals surface area contributed by atoms with Gasteiger partial charge < -0.3 is 10.6 Å². The van der Waals surface area contributed by atoms with Crippen LogP contribution in [-0.4, -0.2) is 34.7 Å². The van der Waals surface area contributed by atoms with Crippen LogP contribution < -0.4 is 10.6 Å². The molecule has 15 heavy (non-hydrogen) atoms. The summed E-state index contributed by atoms with van der Waals surface area (Å²) in [6.07, 6.45) is 1.30. The first-order chi connectivity index (χ1) is 7.29. The summed E-state index contributed by atoms with van der Waals surface area (Å²) in [5.74, 6) is 0.185. The quantitative estimate of drug-likeness (QED) is 0.720. The Balaban J connectivity index is 2.16. The van der Waals surface area contributed by atoms with Crippen molar-refractivity contribution in [2.75, 3.05) is 25.5 Å². The average Bonchev–Trinajstić information content (AvgIpc) is 2.60. The van der Waals surface area contributed by atoms with E-state index in [-0.39, 0.29) is 5.82 Å². The molecule has 0 aliphatic heterocycles. The zero-order chi connectivity index (χ0) is 10.7. The molecular formula is C9H12FN5. The molecule has 80 valence electrons. The van der Waals surface area contributed by atoms with Gasteiger partial charge in [-0.15, -0.1) is 5.10 Å². The summed E-state index contributed by atoms with van der Waals surface area (Å²) in [6.45, 7) is 1.56. The maximum Gasteiger partial charge on any atom is 0.243 e. The van der Waals surface area contributed by atoms with Crippen LogP contribution in [0.2, 0.25) is 0 Å². The molecule has 2 rings (SSSR count). The highest BCUT2D eigenvalue weighted by Crippen LogP contribution is 2.05. The van der Waals surface area contributed by atoms with Crippen molar-refractivity contribution in [3.8, 4) is 0 Å². The number of hydrogen-bond acceptors (Lipinski definition) is 4. The van der Waals surface area contributed by atoms with Crippen LogP contribution in [0.4, 0.5) is 10.3 Å². The SMILES string of the molecule is CNCCNc1nc2ccc(F)cn2n1. The lowest BCUT2D eigenvalue weighted by Gasteiger charge is -1.98. The number of pyridine rings is 1. The Morgan fingerprint density at radius 2 is 2.27 bits per heavy atom. The molecule has 0 fully saturated rings. The van der Waals surface area contributed by atoms with E-state index < -0.39 is 0 Å². The van der Waals surface area contributed by atoms with E-state index in [0.717, 1.165) is 13.1 Å². The Morgan fingerprint density at radius 1 is 1.40 bits per heavy atom. The van der Waals surface area contributed by atoms with Gasteiger partial charge in [-0.3, -0.25) is 0 Å². The third kappa shape index (κ3) is 2.21. The molecular weight excluding hydrogens is 197 g/mol. The van der Waals surface area contributed by atoms with Crippen molar-refractivity contribution >= 4 is 11.6 Å². The Bertz CT molecular complexity index is 453. The normalized spacial score (nSPS) is 10.8. The first-order valence-electron chi connectivity index (χ1n) is 4.70. The highest BCUT2D eigenvalue weighted by atomic mass is 19.1. The summed E-state index contributed by atoms with van der Waals surface area (Å²) in [5.41, 5.74) is 0.628. The molecule has 0 spiro atoms. The van der Waals surface area contributed by atoms with E-state index in [0.29, 0.717) is 11.6 Å². The fourth-order valence-corrected chi connectivity index (χ4v) is 1.23. The van der Waals surface area contributed by atoms with Crippen molar-refractivity contribution in [2.24, 2.45) is 0 Å². The van der Waals surface area contributed by atoms with Crippen LogP contribution in [0.3, 0.4) is 0 Å². The third-order valence-electron chi connectivity index (χ3n) is 1.95. The molecule has 2 heterocycles. The van der Waals surface area contributed by atoms with Crippen molar-refractivity contribution in [2.45, 2.75) is 0 Å². The van der Waals surface area contributed by atoms with Gasteiger partial charge in [-0.25, -0.2) is 8.91 Å². The molecule has 2 aromatic heterocycles. The number of nitrogens with zero attached hydrogens (tertiary/aromatic N) is 3. The van der Waals surface area contributed by atoms with E-state index in [2.05, 4.69) is 20.7 Å². The Morgan fingerprint density at radius 3 is 3.07 bits per heavy atom. The monoisotopic (exact) mass is 209 g/mol. The lowest BCUT2D eigenvalue weighted by atomic mass is 10.5. The predicted octanol–water partition coefficient (Wildman–Crippen LogP) is 0.500. The topological polar surface area (TPSA) is 54.2 Å². The van der Waals surface area contributed by atoms with E-state index in [9.17, 15) is 4.39 Å². The van der Waals surface area contributed by atoms with Gasteiger partial charge in [0.1, 0.15) is 5.82 Å². The van der Waals surface area contributed by atoms with Gasteiger partial charge in [0.15, 0.2) is 5.65 Å². The zero-order valence-electron chi connectivity index (χ0n) is 8.37. The molecule has 5 nitrogen and oxygen atoms in total. The van der Waals surface area contributed by atoms with E-state index in [1.807, 2.05) is 7.05 Å². The molecule has 0 aliphatic rings. The second-order valence-corrected chi connectivity index (χ2v) is 3.12. The number of fused-ring (bicyclic) bond motifs is 1. The number of rotatable bonds is 4. The third-order valence-corrected chi connectivity index (χ3v) is 1.95. The van der Waals surface area contributed by atoms with Crippen molar-refractivity contribution in [1.29, 1.82) is 0 Å². The van der Waals surface area contributed by atoms with Crippen LogP contribution in [0.1, 0.15) is 0 Å². The summed E-state index contributed by atoms with van der Waals surface area (Å²) in [7, 11) is 1.87. The molecule has 0 unspecified atom stereocenters. The summed E-state index contributed by atoms with van der Waals surface area (Å²) < 4.78 is 14.2. The fourth-order valence-electron chi connectivity index (χ4n) is 1.23. The minimum absolute atomic E-state index is 0.325. The van der Waals surface area contributed by atoms with Gasteiger partial charge >= 0.3 is 0 Å². The van der Waals surface area contributed by atoms with Crippen molar-refractivity contribution in [3.63, 3.8) is 0 Å². The number of likely N-dealkylation sites (N-methyl/N-ethyl adjacent to an activating group) is 1. The van der Waals surface area contributed by atoms with Crippen LogP contribution in [0.15, 0.2) is 18.3 Å². The highest BCUT2D eigenvalue weighted by Gasteiger charge is 2.02.